The van der Waals surface area contributed by atoms with E-state index in [0.717, 1.165) is 18.1 Å². The van der Waals surface area contributed by atoms with Crippen molar-refractivity contribution < 1.29 is 24.5 Å². The number of ether oxygens (including phenoxy) is 1. The second kappa shape index (κ2) is 8.67. The Morgan fingerprint density at radius 2 is 1.93 bits per heavy atom. The van der Waals surface area contributed by atoms with Gasteiger partial charge in [-0.05, 0) is 51.0 Å². The summed E-state index contributed by atoms with van der Waals surface area (Å²) in [5, 5.41) is 23.4. The minimum atomic E-state index is -1.32. The van der Waals surface area contributed by atoms with Gasteiger partial charge < -0.3 is 20.3 Å². The third-order valence-corrected chi connectivity index (χ3v) is 6.91. The summed E-state index contributed by atoms with van der Waals surface area (Å²) >= 11 is 0. The van der Waals surface area contributed by atoms with E-state index in [-0.39, 0.29) is 29.7 Å². The van der Waals surface area contributed by atoms with Crippen LogP contribution >= 0.6 is 0 Å². The van der Waals surface area contributed by atoms with Crippen LogP contribution in [0.3, 0.4) is 0 Å². The summed E-state index contributed by atoms with van der Waals surface area (Å²) in [4.78, 5) is 26.2. The van der Waals surface area contributed by atoms with Crippen molar-refractivity contribution in [1.29, 1.82) is 0 Å². The van der Waals surface area contributed by atoms with Crippen LogP contribution in [-0.4, -0.2) is 45.9 Å². The number of hydrogen-bond acceptors (Lipinski definition) is 5. The van der Waals surface area contributed by atoms with Crippen molar-refractivity contribution in [3.8, 4) is 0 Å². The molecule has 0 unspecified atom stereocenters. The van der Waals surface area contributed by atoms with Crippen molar-refractivity contribution >= 4 is 11.9 Å². The standard InChI is InChI=1S/C24H35NO5/c1-13(2)10-18-22-16(5)15(4)12-17-11-14(3)6-7-19(26)20(27)8-9-21(28)30-24(17,22)23(29)25-18/h8-9,11-13,16-20,22,26-27H,6-7,10H2,1-5H3,(H,25,29)/b9-8+,14-11?/t16-,17+,18+,19+,20-,22+,24-/m1/s1. The highest BCUT2D eigenvalue weighted by Gasteiger charge is 2.64. The number of aliphatic hydroxyl groups is 2. The third kappa shape index (κ3) is 4.12. The largest absolute Gasteiger partial charge is 0.444 e. The number of hydrogen-bond donors (Lipinski definition) is 3. The number of carbonyl (C=O) groups is 2. The fourth-order valence-corrected chi connectivity index (χ4v) is 5.27. The monoisotopic (exact) mass is 417 g/mol. The molecule has 0 bridgehead atoms. The van der Waals surface area contributed by atoms with Crippen LogP contribution in [0.2, 0.25) is 0 Å². The fraction of sp³-hybridized carbons (Fsp3) is 0.667. The number of carbonyl (C=O) groups excluding carboxylic acids is 2. The van der Waals surface area contributed by atoms with Crippen LogP contribution in [0.5, 0.6) is 0 Å². The smallest absolute Gasteiger partial charge is 0.331 e. The highest BCUT2D eigenvalue weighted by Crippen LogP contribution is 2.50. The minimum absolute atomic E-state index is 0.0785. The van der Waals surface area contributed by atoms with E-state index in [9.17, 15) is 19.8 Å². The zero-order chi connectivity index (χ0) is 22.2. The zero-order valence-electron chi connectivity index (χ0n) is 18.6. The molecule has 2 heterocycles. The molecule has 1 amide bonds. The summed E-state index contributed by atoms with van der Waals surface area (Å²) in [6.07, 6.45) is 6.06. The lowest BCUT2D eigenvalue weighted by Crippen LogP contribution is -2.56. The molecule has 6 heteroatoms. The molecule has 0 aromatic rings. The molecule has 1 spiro atoms. The lowest BCUT2D eigenvalue weighted by atomic mass is 9.63. The quantitative estimate of drug-likeness (QED) is 0.474. The van der Waals surface area contributed by atoms with Gasteiger partial charge in [-0.1, -0.05) is 44.1 Å². The van der Waals surface area contributed by atoms with Crippen LogP contribution in [0.15, 0.2) is 35.5 Å². The highest BCUT2D eigenvalue weighted by molar-refractivity contribution is 5.94. The Morgan fingerprint density at radius 1 is 1.23 bits per heavy atom. The molecule has 7 atom stereocenters. The zero-order valence-corrected chi connectivity index (χ0v) is 18.6. The Hall–Kier alpha value is -1.92. The first-order valence-corrected chi connectivity index (χ1v) is 11.0. The fourth-order valence-electron chi connectivity index (χ4n) is 5.27. The molecular formula is C24H35NO5. The van der Waals surface area contributed by atoms with E-state index in [1.807, 2.05) is 13.0 Å². The number of rotatable bonds is 2. The van der Waals surface area contributed by atoms with Crippen LogP contribution in [0.4, 0.5) is 0 Å². The molecule has 30 heavy (non-hydrogen) atoms. The Bertz CT molecular complexity index is 782. The molecule has 1 fully saturated rings. The molecule has 3 N–H and O–H groups in total. The Morgan fingerprint density at radius 3 is 2.60 bits per heavy atom. The van der Waals surface area contributed by atoms with Crippen LogP contribution < -0.4 is 5.32 Å². The summed E-state index contributed by atoms with van der Waals surface area (Å²) < 4.78 is 5.99. The molecule has 0 aromatic heterocycles. The van der Waals surface area contributed by atoms with Crippen LogP contribution in [0.1, 0.15) is 53.9 Å². The van der Waals surface area contributed by atoms with Gasteiger partial charge in [-0.25, -0.2) is 4.79 Å². The van der Waals surface area contributed by atoms with E-state index in [0.29, 0.717) is 18.8 Å². The SMILES string of the molecule is CC1=C[C@H]2C=C(C)[C@@H](C)[C@H]3[C@H](CC(C)C)NC(=O)[C@@]23OC(=O)/C=C/[C@@H](O)[C@@H](O)CC1. The summed E-state index contributed by atoms with van der Waals surface area (Å²) in [5.74, 6) is -1.02. The first kappa shape index (κ1) is 22.8. The number of esters is 1. The maximum absolute atomic E-state index is 13.4. The number of nitrogens with one attached hydrogen (secondary N) is 1. The van der Waals surface area contributed by atoms with E-state index < -0.39 is 23.8 Å². The second-order valence-corrected chi connectivity index (χ2v) is 9.64. The van der Waals surface area contributed by atoms with E-state index in [4.69, 9.17) is 4.74 Å². The van der Waals surface area contributed by atoms with Gasteiger partial charge >= 0.3 is 5.97 Å². The number of aliphatic hydroxyl groups excluding tert-OH is 2. The Labute approximate surface area is 179 Å². The molecule has 2 aliphatic heterocycles. The highest BCUT2D eigenvalue weighted by atomic mass is 16.6. The molecule has 3 rings (SSSR count). The maximum atomic E-state index is 13.4. The van der Waals surface area contributed by atoms with Crippen molar-refractivity contribution in [2.24, 2.45) is 23.7 Å². The molecule has 0 radical (unpaired) electrons. The summed E-state index contributed by atoms with van der Waals surface area (Å²) in [6.45, 7) is 10.4. The van der Waals surface area contributed by atoms with Gasteiger partial charge in [0.25, 0.3) is 5.91 Å². The normalized spacial score (nSPS) is 40.8. The summed E-state index contributed by atoms with van der Waals surface area (Å²) in [7, 11) is 0. The van der Waals surface area contributed by atoms with Gasteiger partial charge in [0, 0.05) is 24.0 Å². The first-order chi connectivity index (χ1) is 14.1. The molecule has 0 saturated carbocycles. The van der Waals surface area contributed by atoms with Crippen LogP contribution in [0, 0.1) is 23.7 Å². The molecule has 6 nitrogen and oxygen atoms in total. The Kier molecular flexibility index (Phi) is 6.58. The molecule has 3 aliphatic rings. The van der Waals surface area contributed by atoms with Crippen LogP contribution in [-0.2, 0) is 14.3 Å². The van der Waals surface area contributed by atoms with Crippen molar-refractivity contribution in [2.45, 2.75) is 77.7 Å². The van der Waals surface area contributed by atoms with Crippen molar-refractivity contribution in [2.75, 3.05) is 0 Å². The molecule has 1 saturated heterocycles. The molecule has 1 aliphatic carbocycles. The number of allylic oxidation sites excluding steroid dienone is 2. The maximum Gasteiger partial charge on any atom is 0.331 e. The van der Waals surface area contributed by atoms with E-state index >= 15 is 0 Å². The average molecular weight is 418 g/mol. The minimum Gasteiger partial charge on any atom is -0.444 e. The lowest BCUT2D eigenvalue weighted by molar-refractivity contribution is -0.172. The predicted molar refractivity (Wildman–Crippen MR) is 114 cm³/mol. The second-order valence-electron chi connectivity index (χ2n) is 9.64. The topological polar surface area (TPSA) is 95.9 Å². The number of amides is 1. The lowest BCUT2D eigenvalue weighted by Gasteiger charge is -2.45. The van der Waals surface area contributed by atoms with Crippen molar-refractivity contribution in [3.05, 3.63) is 35.5 Å². The molecule has 166 valence electrons. The van der Waals surface area contributed by atoms with Gasteiger partial charge in [0.2, 0.25) is 5.60 Å². The third-order valence-electron chi connectivity index (χ3n) is 6.91. The average Bonchev–Trinajstić information content (AvgIpc) is 2.93. The van der Waals surface area contributed by atoms with Gasteiger partial charge in [0.05, 0.1) is 12.2 Å². The molecular weight excluding hydrogens is 382 g/mol. The van der Waals surface area contributed by atoms with Gasteiger partial charge in [0.1, 0.15) is 0 Å². The van der Waals surface area contributed by atoms with E-state index in [1.165, 1.54) is 11.6 Å². The van der Waals surface area contributed by atoms with E-state index in [2.05, 4.69) is 39.1 Å². The summed E-state index contributed by atoms with van der Waals surface area (Å²) in [5.41, 5.74) is 0.858. The van der Waals surface area contributed by atoms with Gasteiger partial charge in [0.15, 0.2) is 0 Å². The Balaban J connectivity index is 2.13. The first-order valence-electron chi connectivity index (χ1n) is 11.0. The van der Waals surface area contributed by atoms with Gasteiger partial charge in [-0.3, -0.25) is 4.79 Å². The van der Waals surface area contributed by atoms with Gasteiger partial charge in [-0.15, -0.1) is 0 Å². The predicted octanol–water partition coefficient (Wildman–Crippen LogP) is 2.66. The van der Waals surface area contributed by atoms with E-state index in [1.54, 1.807) is 0 Å². The summed E-state index contributed by atoms with van der Waals surface area (Å²) in [6, 6.07) is -0.0792. The van der Waals surface area contributed by atoms with Gasteiger partial charge in [-0.2, -0.15) is 0 Å². The van der Waals surface area contributed by atoms with Crippen LogP contribution in [0.25, 0.3) is 0 Å². The van der Waals surface area contributed by atoms with Crippen molar-refractivity contribution in [3.63, 3.8) is 0 Å². The van der Waals surface area contributed by atoms with Crippen molar-refractivity contribution in [1.82, 2.24) is 5.32 Å². The molecule has 0 aromatic carbocycles.